The molecule has 0 fully saturated rings. The van der Waals surface area contributed by atoms with Crippen molar-refractivity contribution in [2.45, 2.75) is 12.0 Å². The molecule has 0 aromatic heterocycles. The SMILES string of the molecule is OC1(c2[c-]cccc2)c2ccccc2Cc2ccccc21.[Y]. The molecular formula is C20H15OY-. The van der Waals surface area contributed by atoms with Crippen LogP contribution >= 0.6 is 0 Å². The molecule has 1 aliphatic rings. The summed E-state index contributed by atoms with van der Waals surface area (Å²) in [6.45, 7) is 0. The third-order valence-corrected chi connectivity index (χ3v) is 4.29. The molecule has 3 aromatic carbocycles. The predicted octanol–water partition coefficient (Wildman–Crippen LogP) is 3.67. The van der Waals surface area contributed by atoms with Gasteiger partial charge >= 0.3 is 0 Å². The smallest absolute Gasteiger partial charge is 0.118 e. The van der Waals surface area contributed by atoms with Crippen LogP contribution in [0.1, 0.15) is 27.8 Å². The van der Waals surface area contributed by atoms with Gasteiger partial charge in [-0.15, -0.1) is 5.56 Å². The van der Waals surface area contributed by atoms with Crippen molar-refractivity contribution in [3.05, 3.63) is 107 Å². The first-order valence-corrected chi connectivity index (χ1v) is 7.16. The van der Waals surface area contributed by atoms with Crippen molar-refractivity contribution in [2.75, 3.05) is 0 Å². The van der Waals surface area contributed by atoms with Crippen LogP contribution < -0.4 is 0 Å². The minimum absolute atomic E-state index is 0. The minimum Gasteiger partial charge on any atom is -0.378 e. The van der Waals surface area contributed by atoms with Crippen LogP contribution in [-0.4, -0.2) is 5.11 Å². The van der Waals surface area contributed by atoms with Crippen molar-refractivity contribution in [1.29, 1.82) is 0 Å². The molecule has 0 atom stereocenters. The van der Waals surface area contributed by atoms with Gasteiger partial charge in [0.2, 0.25) is 0 Å². The molecule has 0 aliphatic heterocycles. The Labute approximate surface area is 155 Å². The predicted molar refractivity (Wildman–Crippen MR) is 83.1 cm³/mol. The third kappa shape index (κ3) is 2.29. The summed E-state index contributed by atoms with van der Waals surface area (Å²) in [5.74, 6) is 0. The van der Waals surface area contributed by atoms with Gasteiger partial charge in [0, 0.05) is 32.7 Å². The Morgan fingerprint density at radius 2 is 1.32 bits per heavy atom. The fraction of sp³-hybridized carbons (Fsp3) is 0.100. The van der Waals surface area contributed by atoms with E-state index in [4.69, 9.17) is 0 Å². The van der Waals surface area contributed by atoms with Crippen LogP contribution in [0.25, 0.3) is 0 Å². The van der Waals surface area contributed by atoms with Gasteiger partial charge < -0.3 is 5.11 Å². The van der Waals surface area contributed by atoms with Crippen LogP contribution in [0.2, 0.25) is 0 Å². The van der Waals surface area contributed by atoms with Crippen molar-refractivity contribution in [3.8, 4) is 0 Å². The Balaban J connectivity index is 0.00000144. The van der Waals surface area contributed by atoms with Gasteiger partial charge in [0.05, 0.1) is 0 Å². The van der Waals surface area contributed by atoms with Crippen molar-refractivity contribution in [1.82, 2.24) is 0 Å². The van der Waals surface area contributed by atoms with Gasteiger partial charge in [-0.3, -0.25) is 0 Å². The summed E-state index contributed by atoms with van der Waals surface area (Å²) in [4.78, 5) is 0. The van der Waals surface area contributed by atoms with E-state index in [9.17, 15) is 5.11 Å². The van der Waals surface area contributed by atoms with Crippen LogP contribution in [0.3, 0.4) is 0 Å². The molecular weight excluding hydrogens is 345 g/mol. The number of hydrogen-bond donors (Lipinski definition) is 1. The summed E-state index contributed by atoms with van der Waals surface area (Å²) in [7, 11) is 0. The first-order chi connectivity index (χ1) is 10.3. The summed E-state index contributed by atoms with van der Waals surface area (Å²) >= 11 is 0. The summed E-state index contributed by atoms with van der Waals surface area (Å²) in [6, 6.07) is 27.1. The van der Waals surface area contributed by atoms with Gasteiger partial charge in [0.25, 0.3) is 0 Å². The number of hydrogen-bond acceptors (Lipinski definition) is 1. The topological polar surface area (TPSA) is 20.2 Å². The molecule has 105 valence electrons. The van der Waals surface area contributed by atoms with E-state index in [1.54, 1.807) is 0 Å². The molecule has 1 N–H and O–H groups in total. The maximum absolute atomic E-state index is 11.6. The number of fused-ring (bicyclic) bond motifs is 2. The number of rotatable bonds is 1. The van der Waals surface area contributed by atoms with E-state index in [-0.39, 0.29) is 32.7 Å². The fourth-order valence-electron chi connectivity index (χ4n) is 3.31. The Hall–Kier alpha value is -1.28. The molecule has 1 aliphatic carbocycles. The molecule has 3 aromatic rings. The van der Waals surface area contributed by atoms with E-state index in [1.165, 1.54) is 11.1 Å². The Morgan fingerprint density at radius 1 is 0.773 bits per heavy atom. The molecule has 0 amide bonds. The average molecular weight is 360 g/mol. The van der Waals surface area contributed by atoms with Gasteiger partial charge in [0.15, 0.2) is 0 Å². The van der Waals surface area contributed by atoms with Crippen LogP contribution in [0.4, 0.5) is 0 Å². The quantitative estimate of drug-likeness (QED) is 0.657. The van der Waals surface area contributed by atoms with Crippen molar-refractivity contribution >= 4 is 0 Å². The van der Waals surface area contributed by atoms with Gasteiger partial charge in [-0.25, -0.2) is 0 Å². The molecule has 0 unspecified atom stereocenters. The zero-order valence-corrected chi connectivity index (χ0v) is 15.0. The standard InChI is InChI=1S/C20H15O.Y/c21-20(17-10-2-1-3-11-17)18-12-6-4-8-15(18)14-16-9-5-7-13-19(16)20;/h1-10,12-13,21H,14H2;/q-1;. The zero-order chi connectivity index (χ0) is 14.3. The van der Waals surface area contributed by atoms with E-state index < -0.39 is 5.60 Å². The molecule has 0 bridgehead atoms. The number of benzene rings is 3. The van der Waals surface area contributed by atoms with Crippen molar-refractivity contribution in [2.24, 2.45) is 0 Å². The maximum Gasteiger partial charge on any atom is 0.118 e. The van der Waals surface area contributed by atoms with E-state index in [0.717, 1.165) is 23.1 Å². The van der Waals surface area contributed by atoms with Gasteiger partial charge in [0.1, 0.15) is 5.60 Å². The molecule has 0 spiro atoms. The summed E-state index contributed by atoms with van der Waals surface area (Å²) in [5.41, 5.74) is 3.96. The van der Waals surface area contributed by atoms with Gasteiger partial charge in [-0.1, -0.05) is 48.5 Å². The van der Waals surface area contributed by atoms with Crippen LogP contribution in [0.15, 0.2) is 72.8 Å². The van der Waals surface area contributed by atoms with Gasteiger partial charge in [-0.05, 0) is 28.7 Å². The van der Waals surface area contributed by atoms with Crippen LogP contribution in [0.5, 0.6) is 0 Å². The van der Waals surface area contributed by atoms with Gasteiger partial charge in [-0.2, -0.15) is 30.3 Å². The minimum atomic E-state index is -1.12. The van der Waals surface area contributed by atoms with E-state index in [0.29, 0.717) is 0 Å². The Kier molecular flexibility index (Phi) is 4.31. The summed E-state index contributed by atoms with van der Waals surface area (Å²) < 4.78 is 0. The number of aliphatic hydroxyl groups is 1. The first kappa shape index (κ1) is 15.6. The molecule has 0 saturated heterocycles. The second kappa shape index (κ2) is 6.08. The Morgan fingerprint density at radius 3 is 1.86 bits per heavy atom. The van der Waals surface area contributed by atoms with Crippen LogP contribution in [0, 0.1) is 6.07 Å². The van der Waals surface area contributed by atoms with Crippen molar-refractivity contribution in [3.63, 3.8) is 0 Å². The average Bonchev–Trinajstić information content (AvgIpc) is 2.56. The van der Waals surface area contributed by atoms with E-state index in [2.05, 4.69) is 18.2 Å². The third-order valence-electron chi connectivity index (χ3n) is 4.29. The molecule has 2 heteroatoms. The molecule has 0 heterocycles. The molecule has 0 saturated carbocycles. The summed E-state index contributed by atoms with van der Waals surface area (Å²) in [5, 5.41) is 11.6. The fourth-order valence-corrected chi connectivity index (χ4v) is 3.31. The second-order valence-corrected chi connectivity index (χ2v) is 5.48. The zero-order valence-electron chi connectivity index (χ0n) is 12.2. The first-order valence-electron chi connectivity index (χ1n) is 7.16. The normalized spacial score (nSPS) is 14.4. The van der Waals surface area contributed by atoms with Crippen molar-refractivity contribution < 1.29 is 37.8 Å². The maximum atomic E-state index is 11.6. The van der Waals surface area contributed by atoms with E-state index in [1.807, 2.05) is 60.7 Å². The Bertz CT molecular complexity index is 750. The molecule has 1 radical (unpaired) electrons. The monoisotopic (exact) mass is 360 g/mol. The van der Waals surface area contributed by atoms with Crippen LogP contribution in [-0.2, 0) is 44.7 Å². The largest absolute Gasteiger partial charge is 0.378 e. The second-order valence-electron chi connectivity index (χ2n) is 5.48. The summed E-state index contributed by atoms with van der Waals surface area (Å²) in [6.07, 6.45) is 0.863. The molecule has 22 heavy (non-hydrogen) atoms. The molecule has 4 rings (SSSR count). The molecule has 1 nitrogen and oxygen atoms in total. The van der Waals surface area contributed by atoms with E-state index >= 15 is 0 Å².